The first-order valence-electron chi connectivity index (χ1n) is 7.73. The van der Waals surface area contributed by atoms with Gasteiger partial charge in [-0.15, -0.1) is 11.3 Å². The number of rotatable bonds is 6. The van der Waals surface area contributed by atoms with E-state index in [-0.39, 0.29) is 20.9 Å². The number of amides is 2. The third-order valence-electron chi connectivity index (χ3n) is 3.48. The Kier molecular flexibility index (Phi) is 7.24. The average Bonchev–Trinajstić information content (AvgIpc) is 3.14. The maximum Gasteiger partial charge on any atom is 0.279 e. The minimum absolute atomic E-state index is 0.0771. The van der Waals surface area contributed by atoms with Crippen LogP contribution in [-0.2, 0) is 14.8 Å². The van der Waals surface area contributed by atoms with E-state index < -0.39 is 27.9 Å². The molecule has 1 aromatic heterocycles. The Morgan fingerprint density at radius 1 is 1.07 bits per heavy atom. The van der Waals surface area contributed by atoms with Gasteiger partial charge in [0.25, 0.3) is 11.8 Å². The number of carbonyl (C=O) groups excluding carboxylic acids is 2. The molecule has 0 saturated carbocycles. The molecule has 0 aliphatic carbocycles. The molecule has 0 unspecified atom stereocenters. The summed E-state index contributed by atoms with van der Waals surface area (Å²) in [6.07, 6.45) is 0. The minimum atomic E-state index is -4.04. The summed E-state index contributed by atoms with van der Waals surface area (Å²) < 4.78 is 27.4. The van der Waals surface area contributed by atoms with Crippen molar-refractivity contribution < 1.29 is 18.0 Å². The average molecular weight is 450 g/mol. The molecule has 11 heteroatoms. The van der Waals surface area contributed by atoms with Gasteiger partial charge in [0.15, 0.2) is 0 Å². The van der Waals surface area contributed by atoms with Crippen molar-refractivity contribution in [2.45, 2.75) is 24.8 Å². The van der Waals surface area contributed by atoms with Gasteiger partial charge in [-0.25, -0.2) is 8.42 Å². The van der Waals surface area contributed by atoms with Gasteiger partial charge in [0, 0.05) is 0 Å². The summed E-state index contributed by atoms with van der Waals surface area (Å²) >= 11 is 12.9. The molecule has 0 saturated heterocycles. The summed E-state index contributed by atoms with van der Waals surface area (Å²) in [4.78, 5) is 24.6. The molecular formula is C16H17Cl2N3O4S2. The largest absolute Gasteiger partial charge is 0.279 e. The van der Waals surface area contributed by atoms with Gasteiger partial charge >= 0.3 is 0 Å². The van der Waals surface area contributed by atoms with Crippen LogP contribution in [0.5, 0.6) is 0 Å². The van der Waals surface area contributed by atoms with Gasteiger partial charge in [0.1, 0.15) is 6.04 Å². The zero-order valence-corrected chi connectivity index (χ0v) is 17.5. The molecule has 2 rings (SSSR count). The van der Waals surface area contributed by atoms with E-state index in [1.807, 2.05) is 0 Å². The Morgan fingerprint density at radius 2 is 1.78 bits per heavy atom. The van der Waals surface area contributed by atoms with Crippen molar-refractivity contribution in [3.63, 3.8) is 0 Å². The first kappa shape index (κ1) is 21.6. The first-order valence-corrected chi connectivity index (χ1v) is 10.8. The fraction of sp³-hybridized carbons (Fsp3) is 0.250. The lowest BCUT2D eigenvalue weighted by Crippen LogP contribution is -2.54. The number of hydrogen-bond donors (Lipinski definition) is 3. The van der Waals surface area contributed by atoms with E-state index >= 15 is 0 Å². The van der Waals surface area contributed by atoms with Crippen LogP contribution in [0.3, 0.4) is 0 Å². The molecule has 2 aromatic rings. The summed E-state index contributed by atoms with van der Waals surface area (Å²) in [6, 6.07) is 6.00. The summed E-state index contributed by atoms with van der Waals surface area (Å²) in [6.45, 7) is 3.34. The van der Waals surface area contributed by atoms with Crippen LogP contribution in [0.25, 0.3) is 0 Å². The van der Waals surface area contributed by atoms with Crippen molar-refractivity contribution >= 4 is 56.4 Å². The second-order valence-corrected chi connectivity index (χ2v) is 9.32. The monoisotopic (exact) mass is 449 g/mol. The number of nitrogens with one attached hydrogen (secondary N) is 3. The van der Waals surface area contributed by atoms with E-state index in [0.29, 0.717) is 4.88 Å². The second-order valence-electron chi connectivity index (χ2n) is 5.84. The smallest absolute Gasteiger partial charge is 0.271 e. The van der Waals surface area contributed by atoms with Gasteiger partial charge in [0.05, 0.1) is 19.8 Å². The minimum Gasteiger partial charge on any atom is -0.271 e. The topological polar surface area (TPSA) is 104 Å². The molecule has 0 aliphatic heterocycles. The van der Waals surface area contributed by atoms with Crippen LogP contribution >= 0.6 is 34.5 Å². The van der Waals surface area contributed by atoms with Crippen molar-refractivity contribution in [2.24, 2.45) is 5.92 Å². The normalized spacial score (nSPS) is 12.6. The number of hydrogen-bond acceptors (Lipinski definition) is 5. The highest BCUT2D eigenvalue weighted by Crippen LogP contribution is 2.25. The lowest BCUT2D eigenvalue weighted by Gasteiger charge is -2.21. The van der Waals surface area contributed by atoms with E-state index in [2.05, 4.69) is 15.6 Å². The highest BCUT2D eigenvalue weighted by Gasteiger charge is 2.29. The van der Waals surface area contributed by atoms with Crippen LogP contribution in [0, 0.1) is 5.92 Å². The third kappa shape index (κ3) is 5.66. The van der Waals surface area contributed by atoms with Crippen LogP contribution in [0.2, 0.25) is 10.0 Å². The van der Waals surface area contributed by atoms with Crippen molar-refractivity contribution in [2.75, 3.05) is 0 Å². The van der Waals surface area contributed by atoms with Crippen molar-refractivity contribution in [3.8, 4) is 0 Å². The van der Waals surface area contributed by atoms with E-state index in [1.165, 1.54) is 29.5 Å². The number of benzene rings is 1. The van der Waals surface area contributed by atoms with Crippen molar-refractivity contribution in [1.29, 1.82) is 0 Å². The summed E-state index contributed by atoms with van der Waals surface area (Å²) in [5.74, 6) is -1.58. The van der Waals surface area contributed by atoms with Gasteiger partial charge in [-0.2, -0.15) is 4.72 Å². The maximum atomic E-state index is 12.6. The number of sulfonamides is 1. The SMILES string of the molecule is CC(C)[C@H](NS(=O)(=O)c1ccc(Cl)c(Cl)c1)C(=O)NNC(=O)c1cccs1. The van der Waals surface area contributed by atoms with Gasteiger partial charge in [0.2, 0.25) is 10.0 Å². The number of thiophene rings is 1. The zero-order valence-electron chi connectivity index (χ0n) is 14.3. The summed E-state index contributed by atoms with van der Waals surface area (Å²) in [5.41, 5.74) is 4.50. The molecule has 1 heterocycles. The van der Waals surface area contributed by atoms with E-state index in [9.17, 15) is 18.0 Å². The lowest BCUT2D eigenvalue weighted by atomic mass is 10.1. The molecular weight excluding hydrogens is 433 g/mol. The summed E-state index contributed by atoms with van der Waals surface area (Å²) in [5, 5.41) is 2.01. The third-order valence-corrected chi connectivity index (χ3v) is 6.52. The zero-order chi connectivity index (χ0) is 20.2. The van der Waals surface area contributed by atoms with E-state index in [1.54, 1.807) is 31.4 Å². The van der Waals surface area contributed by atoms with Crippen LogP contribution in [0.4, 0.5) is 0 Å². The Labute approximate surface area is 171 Å². The van der Waals surface area contributed by atoms with Crippen LogP contribution in [-0.4, -0.2) is 26.3 Å². The lowest BCUT2D eigenvalue weighted by molar-refractivity contribution is -0.124. The number of halogens is 2. The molecule has 0 fully saturated rings. The van der Waals surface area contributed by atoms with Crippen LogP contribution < -0.4 is 15.6 Å². The Bertz CT molecular complexity index is 931. The molecule has 0 aliphatic rings. The Hall–Kier alpha value is -1.65. The van der Waals surface area contributed by atoms with E-state index in [4.69, 9.17) is 23.2 Å². The van der Waals surface area contributed by atoms with Gasteiger partial charge < -0.3 is 0 Å². The van der Waals surface area contributed by atoms with Gasteiger partial charge in [-0.05, 0) is 35.6 Å². The molecule has 1 atom stereocenters. The summed E-state index contributed by atoms with van der Waals surface area (Å²) in [7, 11) is -4.04. The maximum absolute atomic E-state index is 12.6. The quantitative estimate of drug-likeness (QED) is 0.589. The van der Waals surface area contributed by atoms with E-state index in [0.717, 1.165) is 0 Å². The van der Waals surface area contributed by atoms with Gasteiger partial charge in [-0.3, -0.25) is 20.4 Å². The Balaban J connectivity index is 2.10. The molecule has 0 radical (unpaired) electrons. The van der Waals surface area contributed by atoms with Crippen molar-refractivity contribution in [1.82, 2.24) is 15.6 Å². The molecule has 0 spiro atoms. The Morgan fingerprint density at radius 3 is 2.33 bits per heavy atom. The highest BCUT2D eigenvalue weighted by atomic mass is 35.5. The number of carbonyl (C=O) groups is 2. The molecule has 7 nitrogen and oxygen atoms in total. The van der Waals surface area contributed by atoms with Crippen molar-refractivity contribution in [3.05, 3.63) is 50.6 Å². The predicted molar refractivity (Wildman–Crippen MR) is 105 cm³/mol. The predicted octanol–water partition coefficient (Wildman–Crippen LogP) is 2.82. The first-order chi connectivity index (χ1) is 12.6. The molecule has 146 valence electrons. The van der Waals surface area contributed by atoms with Crippen LogP contribution in [0.1, 0.15) is 23.5 Å². The molecule has 0 bridgehead atoms. The highest BCUT2D eigenvalue weighted by molar-refractivity contribution is 7.89. The molecule has 1 aromatic carbocycles. The van der Waals surface area contributed by atoms with Gasteiger partial charge in [-0.1, -0.05) is 43.1 Å². The fourth-order valence-electron chi connectivity index (χ4n) is 2.04. The second kappa shape index (κ2) is 9.03. The fourth-order valence-corrected chi connectivity index (χ4v) is 4.39. The molecule has 2 amide bonds. The molecule has 3 N–H and O–H groups in total. The number of hydrazine groups is 1. The standard InChI is InChI=1S/C16H17Cl2N3O4S2/c1-9(2)14(16(23)20-19-15(22)13-4-3-7-26-13)21-27(24,25)10-5-6-11(17)12(18)8-10/h3-9,14,21H,1-2H3,(H,19,22)(H,20,23)/t14-/m0/s1. The van der Waals surface area contributed by atoms with Crippen LogP contribution in [0.15, 0.2) is 40.6 Å². The molecule has 27 heavy (non-hydrogen) atoms.